The van der Waals surface area contributed by atoms with E-state index in [0.717, 1.165) is 0 Å². The highest BCUT2D eigenvalue weighted by atomic mass is 16.3. The number of hydrogen-bond donors (Lipinski definition) is 2. The second-order valence-corrected chi connectivity index (χ2v) is 3.86. The Labute approximate surface area is 101 Å². The van der Waals surface area contributed by atoms with Crippen LogP contribution in [0.1, 0.15) is 41.0 Å². The van der Waals surface area contributed by atoms with E-state index < -0.39 is 0 Å². The van der Waals surface area contributed by atoms with Gasteiger partial charge in [-0.1, -0.05) is 25.1 Å². The molecular weight excluding hydrogens is 218 g/mol. The van der Waals surface area contributed by atoms with Crippen LogP contribution in [0.5, 0.6) is 0 Å². The number of aliphatic hydroxyl groups is 1. The molecule has 0 saturated carbocycles. The normalized spacial score (nSPS) is 11.9. The number of amides is 1. The van der Waals surface area contributed by atoms with Gasteiger partial charge in [-0.3, -0.25) is 9.59 Å². The smallest absolute Gasteiger partial charge is 0.252 e. The van der Waals surface area contributed by atoms with Gasteiger partial charge in [0.1, 0.15) is 0 Å². The first-order valence-corrected chi connectivity index (χ1v) is 5.61. The fourth-order valence-electron chi connectivity index (χ4n) is 1.53. The van der Waals surface area contributed by atoms with Crippen molar-refractivity contribution < 1.29 is 14.7 Å². The van der Waals surface area contributed by atoms with Gasteiger partial charge in [0.25, 0.3) is 5.91 Å². The van der Waals surface area contributed by atoms with Crippen molar-refractivity contribution >= 4 is 11.7 Å². The lowest BCUT2D eigenvalue weighted by Gasteiger charge is -2.15. The minimum Gasteiger partial charge on any atom is -0.394 e. The van der Waals surface area contributed by atoms with Gasteiger partial charge >= 0.3 is 0 Å². The van der Waals surface area contributed by atoms with Crippen LogP contribution in [-0.2, 0) is 0 Å². The van der Waals surface area contributed by atoms with Crippen molar-refractivity contribution in [1.82, 2.24) is 5.32 Å². The molecule has 0 fully saturated rings. The van der Waals surface area contributed by atoms with Crippen LogP contribution in [0, 0.1) is 0 Å². The molecule has 0 saturated heterocycles. The van der Waals surface area contributed by atoms with Crippen LogP contribution < -0.4 is 5.32 Å². The van der Waals surface area contributed by atoms with Gasteiger partial charge < -0.3 is 10.4 Å². The molecule has 1 aromatic rings. The molecule has 2 N–H and O–H groups in total. The molecular formula is C13H17NO3. The third kappa shape index (κ3) is 3.39. The van der Waals surface area contributed by atoms with E-state index in [2.05, 4.69) is 5.32 Å². The third-order valence-electron chi connectivity index (χ3n) is 2.60. The summed E-state index contributed by atoms with van der Waals surface area (Å²) in [6.07, 6.45) is 0.643. The Morgan fingerprint density at radius 1 is 1.29 bits per heavy atom. The van der Waals surface area contributed by atoms with Crippen molar-refractivity contribution in [2.24, 2.45) is 0 Å². The average molecular weight is 235 g/mol. The van der Waals surface area contributed by atoms with Crippen molar-refractivity contribution in [3.8, 4) is 0 Å². The second-order valence-electron chi connectivity index (χ2n) is 3.86. The van der Waals surface area contributed by atoms with E-state index in [9.17, 15) is 9.59 Å². The number of benzene rings is 1. The minimum absolute atomic E-state index is 0.107. The van der Waals surface area contributed by atoms with Crippen LogP contribution in [0.15, 0.2) is 24.3 Å². The van der Waals surface area contributed by atoms with Crippen LogP contribution in [0.2, 0.25) is 0 Å². The zero-order valence-electron chi connectivity index (χ0n) is 10.1. The molecule has 0 aliphatic rings. The monoisotopic (exact) mass is 235 g/mol. The largest absolute Gasteiger partial charge is 0.394 e. The van der Waals surface area contributed by atoms with E-state index in [-0.39, 0.29) is 24.3 Å². The fraction of sp³-hybridized carbons (Fsp3) is 0.385. The Kier molecular flexibility index (Phi) is 4.84. The van der Waals surface area contributed by atoms with Crippen molar-refractivity contribution in [3.05, 3.63) is 35.4 Å². The number of rotatable bonds is 5. The minimum atomic E-state index is -0.322. The second kappa shape index (κ2) is 6.15. The average Bonchev–Trinajstić information content (AvgIpc) is 2.35. The summed E-state index contributed by atoms with van der Waals surface area (Å²) in [6, 6.07) is 6.38. The lowest BCUT2D eigenvalue weighted by molar-refractivity contribution is 0.0905. The standard InChI is InChI=1S/C13H17NO3/c1-3-10(8-15)14-13(17)12-7-5-4-6-11(12)9(2)16/h4-7,10,15H,3,8H2,1-2H3,(H,14,17). The summed E-state index contributed by atoms with van der Waals surface area (Å²) < 4.78 is 0. The predicted molar refractivity (Wildman–Crippen MR) is 65.1 cm³/mol. The first kappa shape index (κ1) is 13.4. The van der Waals surface area contributed by atoms with Gasteiger partial charge in [0.2, 0.25) is 0 Å². The molecule has 92 valence electrons. The van der Waals surface area contributed by atoms with E-state index in [1.165, 1.54) is 6.92 Å². The number of carbonyl (C=O) groups excluding carboxylic acids is 2. The van der Waals surface area contributed by atoms with Crippen LogP contribution in [0.25, 0.3) is 0 Å². The molecule has 0 aromatic heterocycles. The number of aliphatic hydroxyl groups excluding tert-OH is 1. The third-order valence-corrected chi connectivity index (χ3v) is 2.60. The number of ketones is 1. The SMILES string of the molecule is CCC(CO)NC(=O)c1ccccc1C(C)=O. The van der Waals surface area contributed by atoms with Crippen molar-refractivity contribution in [2.45, 2.75) is 26.3 Å². The maximum absolute atomic E-state index is 11.9. The predicted octanol–water partition coefficient (Wildman–Crippen LogP) is 1.39. The molecule has 1 rings (SSSR count). The van der Waals surface area contributed by atoms with Gasteiger partial charge in [-0.25, -0.2) is 0 Å². The van der Waals surface area contributed by atoms with Crippen molar-refractivity contribution in [1.29, 1.82) is 0 Å². The topological polar surface area (TPSA) is 66.4 Å². The Balaban J connectivity index is 2.92. The highest BCUT2D eigenvalue weighted by molar-refractivity contribution is 6.07. The zero-order chi connectivity index (χ0) is 12.8. The first-order chi connectivity index (χ1) is 8.10. The van der Waals surface area contributed by atoms with E-state index in [0.29, 0.717) is 17.5 Å². The molecule has 4 nitrogen and oxygen atoms in total. The fourth-order valence-corrected chi connectivity index (χ4v) is 1.53. The van der Waals surface area contributed by atoms with E-state index in [4.69, 9.17) is 5.11 Å². The molecule has 1 aromatic carbocycles. The van der Waals surface area contributed by atoms with Crippen LogP contribution in [0.4, 0.5) is 0 Å². The molecule has 0 spiro atoms. The van der Waals surface area contributed by atoms with Crippen molar-refractivity contribution in [2.75, 3.05) is 6.61 Å². The summed E-state index contributed by atoms with van der Waals surface area (Å²) >= 11 is 0. The summed E-state index contributed by atoms with van der Waals surface area (Å²) in [7, 11) is 0. The highest BCUT2D eigenvalue weighted by Gasteiger charge is 2.16. The molecule has 0 bridgehead atoms. The van der Waals surface area contributed by atoms with Gasteiger partial charge in [0.15, 0.2) is 5.78 Å². The molecule has 1 amide bonds. The van der Waals surface area contributed by atoms with E-state index in [1.807, 2.05) is 6.92 Å². The maximum atomic E-state index is 11.9. The molecule has 0 heterocycles. The number of nitrogens with one attached hydrogen (secondary N) is 1. The molecule has 4 heteroatoms. The Hall–Kier alpha value is -1.68. The Morgan fingerprint density at radius 3 is 2.35 bits per heavy atom. The number of hydrogen-bond acceptors (Lipinski definition) is 3. The van der Waals surface area contributed by atoms with E-state index in [1.54, 1.807) is 24.3 Å². The zero-order valence-corrected chi connectivity index (χ0v) is 10.1. The summed E-state index contributed by atoms with van der Waals surface area (Å²) in [4.78, 5) is 23.3. The number of Topliss-reactive ketones (excluding diaryl/α,β-unsaturated/α-hetero) is 1. The van der Waals surface area contributed by atoms with E-state index >= 15 is 0 Å². The molecule has 0 aliphatic heterocycles. The summed E-state index contributed by atoms with van der Waals surface area (Å²) in [5.74, 6) is -0.468. The molecule has 0 radical (unpaired) electrons. The molecule has 0 aliphatic carbocycles. The van der Waals surface area contributed by atoms with Crippen LogP contribution in [0.3, 0.4) is 0 Å². The maximum Gasteiger partial charge on any atom is 0.252 e. The van der Waals surface area contributed by atoms with Crippen LogP contribution >= 0.6 is 0 Å². The summed E-state index contributed by atoms with van der Waals surface area (Å²) in [6.45, 7) is 3.19. The van der Waals surface area contributed by atoms with Gasteiger partial charge in [-0.05, 0) is 19.4 Å². The first-order valence-electron chi connectivity index (χ1n) is 5.61. The van der Waals surface area contributed by atoms with Crippen molar-refractivity contribution in [3.63, 3.8) is 0 Å². The lowest BCUT2D eigenvalue weighted by Crippen LogP contribution is -2.37. The Morgan fingerprint density at radius 2 is 1.88 bits per heavy atom. The van der Waals surface area contributed by atoms with Gasteiger partial charge in [0, 0.05) is 5.56 Å². The van der Waals surface area contributed by atoms with Gasteiger partial charge in [-0.2, -0.15) is 0 Å². The van der Waals surface area contributed by atoms with Gasteiger partial charge in [0.05, 0.1) is 18.2 Å². The Bertz CT molecular complexity index is 411. The van der Waals surface area contributed by atoms with Crippen LogP contribution in [-0.4, -0.2) is 29.4 Å². The molecule has 1 atom stereocenters. The summed E-state index contributed by atoms with van der Waals surface area (Å²) in [5, 5.41) is 11.7. The number of carbonyl (C=O) groups is 2. The summed E-state index contributed by atoms with van der Waals surface area (Å²) in [5.41, 5.74) is 0.754. The highest BCUT2D eigenvalue weighted by Crippen LogP contribution is 2.10. The molecule has 17 heavy (non-hydrogen) atoms. The molecule has 1 unspecified atom stereocenters. The quantitative estimate of drug-likeness (QED) is 0.758. The van der Waals surface area contributed by atoms with Gasteiger partial charge in [-0.15, -0.1) is 0 Å². The lowest BCUT2D eigenvalue weighted by atomic mass is 10.0.